The van der Waals surface area contributed by atoms with Crippen molar-refractivity contribution in [2.24, 2.45) is 0 Å². The van der Waals surface area contributed by atoms with Crippen LogP contribution in [0.25, 0.3) is 17.4 Å². The minimum Gasteiger partial charge on any atom is -0.457 e. The Morgan fingerprint density at radius 2 is 2.00 bits per heavy atom. The molecule has 2 aliphatic rings. The highest BCUT2D eigenvalue weighted by Gasteiger charge is 2.42. The van der Waals surface area contributed by atoms with Gasteiger partial charge in [-0.1, -0.05) is 47.2 Å². The zero-order chi connectivity index (χ0) is 20.1. The van der Waals surface area contributed by atoms with E-state index in [2.05, 4.69) is 0 Å². The van der Waals surface area contributed by atoms with E-state index in [4.69, 9.17) is 39.8 Å². The van der Waals surface area contributed by atoms with Gasteiger partial charge < -0.3 is 4.42 Å². The SMILES string of the molecule is O=C1/C(=C\c2ccc(-c3ccc(Cl)c(Cl)c3)o2)SC(=S)N1[C@@H]1CCS(=O)(=O)C1. The zero-order valence-corrected chi connectivity index (χ0v) is 18.2. The first-order chi connectivity index (χ1) is 13.2. The van der Waals surface area contributed by atoms with E-state index in [9.17, 15) is 13.2 Å². The van der Waals surface area contributed by atoms with Crippen molar-refractivity contribution in [2.45, 2.75) is 12.5 Å². The molecule has 28 heavy (non-hydrogen) atoms. The minimum absolute atomic E-state index is 0.0467. The van der Waals surface area contributed by atoms with Gasteiger partial charge in [0.25, 0.3) is 5.91 Å². The number of hydrogen-bond donors (Lipinski definition) is 0. The predicted molar refractivity (Wildman–Crippen MR) is 116 cm³/mol. The second-order valence-corrected chi connectivity index (χ2v) is 11.2. The molecule has 0 bridgehead atoms. The van der Waals surface area contributed by atoms with Crippen molar-refractivity contribution in [3.05, 3.63) is 51.0 Å². The van der Waals surface area contributed by atoms with Gasteiger partial charge in [0.2, 0.25) is 0 Å². The minimum atomic E-state index is -3.11. The summed E-state index contributed by atoms with van der Waals surface area (Å²) in [5, 5.41) is 0.874. The Balaban J connectivity index is 1.57. The van der Waals surface area contributed by atoms with Crippen molar-refractivity contribution < 1.29 is 17.6 Å². The molecule has 4 rings (SSSR count). The maximum atomic E-state index is 12.8. The highest BCUT2D eigenvalue weighted by molar-refractivity contribution is 8.26. The monoisotopic (exact) mass is 473 g/mol. The summed E-state index contributed by atoms with van der Waals surface area (Å²) in [5.74, 6) is 0.820. The van der Waals surface area contributed by atoms with E-state index in [1.807, 2.05) is 0 Å². The molecule has 2 fully saturated rings. The molecule has 146 valence electrons. The highest BCUT2D eigenvalue weighted by atomic mass is 35.5. The fraction of sp³-hybridized carbons (Fsp3) is 0.222. The molecule has 0 N–H and O–H groups in total. The molecule has 0 saturated carbocycles. The molecular weight excluding hydrogens is 461 g/mol. The molecule has 0 aliphatic carbocycles. The summed E-state index contributed by atoms with van der Waals surface area (Å²) in [5.41, 5.74) is 0.762. The molecule has 1 amide bonds. The van der Waals surface area contributed by atoms with E-state index in [0.717, 1.165) is 17.3 Å². The number of carbonyl (C=O) groups excluding carboxylic acids is 1. The fourth-order valence-electron chi connectivity index (χ4n) is 3.14. The quantitative estimate of drug-likeness (QED) is 0.477. The van der Waals surface area contributed by atoms with Crippen molar-refractivity contribution in [1.82, 2.24) is 4.90 Å². The molecule has 10 heteroatoms. The van der Waals surface area contributed by atoms with E-state index in [1.165, 1.54) is 4.90 Å². The normalized spacial score (nSPS) is 23.1. The molecule has 0 unspecified atom stereocenters. The van der Waals surface area contributed by atoms with Crippen LogP contribution in [0.1, 0.15) is 12.2 Å². The first-order valence-corrected chi connectivity index (χ1v) is 12.1. The smallest absolute Gasteiger partial charge is 0.266 e. The number of furan rings is 1. The topological polar surface area (TPSA) is 67.6 Å². The van der Waals surface area contributed by atoms with Crippen LogP contribution in [0, 0.1) is 0 Å². The lowest BCUT2D eigenvalue weighted by molar-refractivity contribution is -0.123. The average molecular weight is 474 g/mol. The van der Waals surface area contributed by atoms with E-state index < -0.39 is 15.9 Å². The van der Waals surface area contributed by atoms with E-state index in [1.54, 1.807) is 36.4 Å². The summed E-state index contributed by atoms with van der Waals surface area (Å²) in [4.78, 5) is 14.6. The molecule has 3 heterocycles. The van der Waals surface area contributed by atoms with Crippen LogP contribution in [-0.2, 0) is 14.6 Å². The molecule has 1 aromatic heterocycles. The highest BCUT2D eigenvalue weighted by Crippen LogP contribution is 2.37. The van der Waals surface area contributed by atoms with Gasteiger partial charge in [-0.25, -0.2) is 8.42 Å². The maximum absolute atomic E-state index is 12.8. The van der Waals surface area contributed by atoms with Crippen molar-refractivity contribution >= 4 is 73.3 Å². The van der Waals surface area contributed by atoms with Crippen LogP contribution in [0.4, 0.5) is 0 Å². The number of halogens is 2. The van der Waals surface area contributed by atoms with Gasteiger partial charge in [-0.15, -0.1) is 0 Å². The molecule has 1 atom stereocenters. The number of sulfone groups is 1. The van der Waals surface area contributed by atoms with Gasteiger partial charge in [-0.05, 0) is 36.8 Å². The van der Waals surface area contributed by atoms with Gasteiger partial charge in [0.05, 0.1) is 32.5 Å². The van der Waals surface area contributed by atoms with Crippen LogP contribution in [-0.4, -0.2) is 41.1 Å². The average Bonchev–Trinajstić information content (AvgIpc) is 3.29. The van der Waals surface area contributed by atoms with Gasteiger partial charge in [0.15, 0.2) is 9.84 Å². The third-order valence-corrected chi connectivity index (χ3v) is 8.32. The van der Waals surface area contributed by atoms with Gasteiger partial charge in [-0.3, -0.25) is 9.69 Å². The van der Waals surface area contributed by atoms with Crippen LogP contribution >= 0.6 is 47.2 Å². The third-order valence-electron chi connectivity index (χ3n) is 4.50. The van der Waals surface area contributed by atoms with Crippen LogP contribution in [0.3, 0.4) is 0 Å². The third kappa shape index (κ3) is 3.89. The van der Waals surface area contributed by atoms with Crippen molar-refractivity contribution in [3.8, 4) is 11.3 Å². The molecular formula is C18H13Cl2NO4S3. The Morgan fingerprint density at radius 3 is 2.68 bits per heavy atom. The van der Waals surface area contributed by atoms with Gasteiger partial charge in [-0.2, -0.15) is 0 Å². The van der Waals surface area contributed by atoms with Gasteiger partial charge in [0.1, 0.15) is 15.8 Å². The lowest BCUT2D eigenvalue weighted by Gasteiger charge is -2.20. The number of thiocarbonyl (C=S) groups is 1. The van der Waals surface area contributed by atoms with Gasteiger partial charge in [0, 0.05) is 11.6 Å². The summed E-state index contributed by atoms with van der Waals surface area (Å²) in [6.45, 7) is 0. The number of rotatable bonds is 3. The first kappa shape index (κ1) is 20.0. The standard InChI is InChI=1S/C18H13Cl2NO4S3/c19-13-3-1-10(7-14(13)20)15-4-2-12(25-15)8-16-17(22)21(18(26)27-16)11-5-6-28(23,24)9-11/h1-4,7-8,11H,5-6,9H2/b16-8+/t11-/m1/s1. The van der Waals surface area contributed by atoms with Crippen molar-refractivity contribution in [1.29, 1.82) is 0 Å². The van der Waals surface area contributed by atoms with Crippen molar-refractivity contribution in [2.75, 3.05) is 11.5 Å². The molecule has 2 aromatic rings. The van der Waals surface area contributed by atoms with Crippen LogP contribution in [0.2, 0.25) is 10.0 Å². The largest absolute Gasteiger partial charge is 0.457 e. The molecule has 2 aliphatic heterocycles. The second-order valence-electron chi connectivity index (χ2n) is 6.44. The van der Waals surface area contributed by atoms with Crippen LogP contribution < -0.4 is 0 Å². The Hall–Kier alpha value is -1.32. The summed E-state index contributed by atoms with van der Waals surface area (Å²) >= 11 is 18.4. The number of benzene rings is 1. The lowest BCUT2D eigenvalue weighted by atomic mass is 10.2. The van der Waals surface area contributed by atoms with E-state index in [-0.39, 0.29) is 17.4 Å². The summed E-state index contributed by atoms with van der Waals surface area (Å²) in [6.07, 6.45) is 2.02. The van der Waals surface area contributed by atoms with Crippen LogP contribution in [0.5, 0.6) is 0 Å². The Labute approximate surface area is 181 Å². The molecule has 1 aromatic carbocycles. The first-order valence-electron chi connectivity index (χ1n) is 8.26. The van der Waals surface area contributed by atoms with E-state index in [0.29, 0.717) is 37.2 Å². The molecule has 0 radical (unpaired) electrons. The van der Waals surface area contributed by atoms with Gasteiger partial charge >= 0.3 is 0 Å². The molecule has 0 spiro atoms. The van der Waals surface area contributed by atoms with E-state index >= 15 is 0 Å². The Morgan fingerprint density at radius 1 is 1.21 bits per heavy atom. The van der Waals surface area contributed by atoms with Crippen LogP contribution in [0.15, 0.2) is 39.7 Å². The summed E-state index contributed by atoms with van der Waals surface area (Å²) < 4.78 is 29.6. The maximum Gasteiger partial charge on any atom is 0.266 e. The number of nitrogens with zero attached hydrogens (tertiary/aromatic N) is 1. The fourth-order valence-corrected chi connectivity index (χ4v) is 6.52. The molecule has 2 saturated heterocycles. The Bertz CT molecular complexity index is 1120. The zero-order valence-electron chi connectivity index (χ0n) is 14.2. The summed E-state index contributed by atoms with van der Waals surface area (Å²) in [7, 11) is -3.11. The number of carbonyl (C=O) groups is 1. The second kappa shape index (κ2) is 7.50. The number of hydrogen-bond acceptors (Lipinski definition) is 6. The molecule has 5 nitrogen and oxygen atoms in total. The Kier molecular flexibility index (Phi) is 5.35. The number of thioether (sulfide) groups is 1. The number of amides is 1. The van der Waals surface area contributed by atoms with Crippen molar-refractivity contribution in [3.63, 3.8) is 0 Å². The predicted octanol–water partition coefficient (Wildman–Crippen LogP) is 4.64. The lowest BCUT2D eigenvalue weighted by Crippen LogP contribution is -2.39. The summed E-state index contributed by atoms with van der Waals surface area (Å²) in [6, 6.07) is 8.29.